The van der Waals surface area contributed by atoms with Crippen LogP contribution in [-0.2, 0) is 4.79 Å². The molecule has 0 aliphatic heterocycles. The summed E-state index contributed by atoms with van der Waals surface area (Å²) in [6.07, 6.45) is -4.03. The summed E-state index contributed by atoms with van der Waals surface area (Å²) in [5, 5.41) is 11.9. The lowest BCUT2D eigenvalue weighted by Crippen LogP contribution is -2.39. The fraction of sp³-hybridized carbons (Fsp3) is 0.562. The van der Waals surface area contributed by atoms with Crippen LogP contribution in [0.1, 0.15) is 31.7 Å². The van der Waals surface area contributed by atoms with Crippen LogP contribution < -0.4 is 10.1 Å². The molecule has 1 amide bonds. The molecule has 1 aliphatic rings. The minimum absolute atomic E-state index is 0.00376. The molecule has 1 fully saturated rings. The van der Waals surface area contributed by atoms with Gasteiger partial charge in [0.2, 0.25) is 5.91 Å². The van der Waals surface area contributed by atoms with Crippen molar-refractivity contribution in [2.45, 2.75) is 38.6 Å². The van der Waals surface area contributed by atoms with Gasteiger partial charge in [-0.25, -0.2) is 0 Å². The molecule has 1 aliphatic carbocycles. The molecule has 4 unspecified atom stereocenters. The molecule has 7 heteroatoms. The summed E-state index contributed by atoms with van der Waals surface area (Å²) in [5.41, 5.74) is 0.822. The predicted molar refractivity (Wildman–Crippen MR) is 77.8 cm³/mol. The summed E-state index contributed by atoms with van der Waals surface area (Å²) in [6.45, 7) is 3.67. The Bertz CT molecular complexity index is 544. The Morgan fingerprint density at radius 1 is 1.35 bits per heavy atom. The number of rotatable bonds is 6. The monoisotopic (exact) mass is 331 g/mol. The minimum atomic E-state index is -4.71. The lowest BCUT2D eigenvalue weighted by atomic mass is 10.0. The molecule has 0 aromatic heterocycles. The number of amides is 1. The van der Waals surface area contributed by atoms with Crippen molar-refractivity contribution in [3.05, 3.63) is 29.8 Å². The number of ether oxygens (including phenoxy) is 1. The van der Waals surface area contributed by atoms with Gasteiger partial charge < -0.3 is 15.2 Å². The second kappa shape index (κ2) is 6.78. The van der Waals surface area contributed by atoms with Gasteiger partial charge in [-0.1, -0.05) is 19.1 Å². The van der Waals surface area contributed by atoms with E-state index in [0.29, 0.717) is 6.42 Å². The van der Waals surface area contributed by atoms with E-state index < -0.39 is 6.36 Å². The van der Waals surface area contributed by atoms with Gasteiger partial charge in [-0.2, -0.15) is 0 Å². The van der Waals surface area contributed by atoms with Gasteiger partial charge in [0.15, 0.2) is 0 Å². The van der Waals surface area contributed by atoms with Crippen molar-refractivity contribution in [3.8, 4) is 5.75 Å². The zero-order valence-corrected chi connectivity index (χ0v) is 12.9. The average Bonchev–Trinajstić information content (AvgIpc) is 3.26. The Balaban J connectivity index is 1.89. The Morgan fingerprint density at radius 3 is 2.48 bits per heavy atom. The summed E-state index contributed by atoms with van der Waals surface area (Å²) in [6, 6.07) is 5.49. The number of aliphatic hydroxyl groups excluding tert-OH is 1. The normalized spacial score (nSPS) is 23.0. The molecule has 2 N–H and O–H groups in total. The van der Waals surface area contributed by atoms with E-state index in [2.05, 4.69) is 10.1 Å². The molecule has 0 saturated heterocycles. The van der Waals surface area contributed by atoms with E-state index in [9.17, 15) is 18.0 Å². The standard InChI is InChI=1S/C16H20F3NO3/c1-9(8-21)10(2)20-15(22)14-7-13(14)11-3-5-12(6-4-11)23-16(17,18)19/h3-6,9-10,13-14,21H,7-8H2,1-2H3,(H,20,22). The van der Waals surface area contributed by atoms with Crippen molar-refractivity contribution in [3.63, 3.8) is 0 Å². The highest BCUT2D eigenvalue weighted by atomic mass is 19.4. The van der Waals surface area contributed by atoms with Crippen LogP contribution in [0.25, 0.3) is 0 Å². The van der Waals surface area contributed by atoms with Crippen molar-refractivity contribution in [2.75, 3.05) is 6.61 Å². The minimum Gasteiger partial charge on any atom is -0.406 e. The molecule has 0 bridgehead atoms. The third-order valence-electron chi connectivity index (χ3n) is 4.18. The van der Waals surface area contributed by atoms with Gasteiger partial charge in [0.05, 0.1) is 0 Å². The number of alkyl halides is 3. The number of benzene rings is 1. The second-order valence-corrected chi connectivity index (χ2v) is 6.02. The molecule has 4 atom stereocenters. The Kier molecular flexibility index (Phi) is 5.19. The Morgan fingerprint density at radius 2 is 1.96 bits per heavy atom. The first-order valence-corrected chi connectivity index (χ1v) is 7.48. The quantitative estimate of drug-likeness (QED) is 0.843. The van der Waals surface area contributed by atoms with Gasteiger partial charge in [0.25, 0.3) is 0 Å². The van der Waals surface area contributed by atoms with Crippen molar-refractivity contribution < 1.29 is 27.8 Å². The molecule has 1 aromatic carbocycles. The first kappa shape index (κ1) is 17.6. The van der Waals surface area contributed by atoms with E-state index in [-0.39, 0.29) is 42.1 Å². The highest BCUT2D eigenvalue weighted by Gasteiger charge is 2.44. The number of carbonyl (C=O) groups is 1. The maximum atomic E-state index is 12.1. The van der Waals surface area contributed by atoms with Crippen LogP contribution in [-0.4, -0.2) is 30.0 Å². The van der Waals surface area contributed by atoms with Crippen molar-refractivity contribution in [1.29, 1.82) is 0 Å². The van der Waals surface area contributed by atoms with E-state index in [1.54, 1.807) is 12.1 Å². The van der Waals surface area contributed by atoms with E-state index in [4.69, 9.17) is 5.11 Å². The zero-order chi connectivity index (χ0) is 17.2. The molecule has 0 radical (unpaired) electrons. The smallest absolute Gasteiger partial charge is 0.406 e. The number of aliphatic hydroxyl groups is 1. The van der Waals surface area contributed by atoms with Gasteiger partial charge in [-0.15, -0.1) is 13.2 Å². The molecule has 4 nitrogen and oxygen atoms in total. The van der Waals surface area contributed by atoms with Gasteiger partial charge in [-0.05, 0) is 42.9 Å². The van der Waals surface area contributed by atoms with Crippen molar-refractivity contribution >= 4 is 5.91 Å². The highest BCUT2D eigenvalue weighted by molar-refractivity contribution is 5.83. The molecule has 0 heterocycles. The third-order valence-corrected chi connectivity index (χ3v) is 4.18. The molecular formula is C16H20F3NO3. The molecule has 128 valence electrons. The van der Waals surface area contributed by atoms with Gasteiger partial charge in [-0.3, -0.25) is 4.79 Å². The van der Waals surface area contributed by atoms with E-state index in [0.717, 1.165) is 5.56 Å². The third kappa shape index (κ3) is 4.86. The highest BCUT2D eigenvalue weighted by Crippen LogP contribution is 2.48. The van der Waals surface area contributed by atoms with E-state index in [1.165, 1.54) is 12.1 Å². The molecule has 2 rings (SSSR count). The largest absolute Gasteiger partial charge is 0.573 e. The summed E-state index contributed by atoms with van der Waals surface area (Å²) in [4.78, 5) is 12.1. The van der Waals surface area contributed by atoms with Crippen molar-refractivity contribution in [2.24, 2.45) is 11.8 Å². The number of hydrogen-bond donors (Lipinski definition) is 2. The van der Waals surface area contributed by atoms with Crippen LogP contribution in [0.4, 0.5) is 13.2 Å². The fourth-order valence-corrected chi connectivity index (χ4v) is 2.40. The Labute approximate surface area is 132 Å². The van der Waals surface area contributed by atoms with Gasteiger partial charge >= 0.3 is 6.36 Å². The van der Waals surface area contributed by atoms with Gasteiger partial charge in [0, 0.05) is 18.6 Å². The number of nitrogens with one attached hydrogen (secondary N) is 1. The van der Waals surface area contributed by atoms with Crippen LogP contribution in [0, 0.1) is 11.8 Å². The first-order chi connectivity index (χ1) is 10.7. The lowest BCUT2D eigenvalue weighted by molar-refractivity contribution is -0.274. The maximum Gasteiger partial charge on any atom is 0.573 e. The SMILES string of the molecule is CC(CO)C(C)NC(=O)C1CC1c1ccc(OC(F)(F)F)cc1. The maximum absolute atomic E-state index is 12.1. The van der Waals surface area contributed by atoms with E-state index >= 15 is 0 Å². The molecular weight excluding hydrogens is 311 g/mol. The Hall–Kier alpha value is -1.76. The van der Waals surface area contributed by atoms with E-state index in [1.807, 2.05) is 13.8 Å². The number of carbonyl (C=O) groups excluding carboxylic acids is 1. The molecule has 23 heavy (non-hydrogen) atoms. The predicted octanol–water partition coefficient (Wildman–Crippen LogP) is 2.82. The van der Waals surface area contributed by atoms with Crippen LogP contribution in [0.5, 0.6) is 5.75 Å². The number of halogens is 3. The molecule has 1 saturated carbocycles. The number of hydrogen-bond acceptors (Lipinski definition) is 3. The zero-order valence-electron chi connectivity index (χ0n) is 12.9. The van der Waals surface area contributed by atoms with Crippen LogP contribution in [0.15, 0.2) is 24.3 Å². The average molecular weight is 331 g/mol. The summed E-state index contributed by atoms with van der Waals surface area (Å²) < 4.78 is 40.1. The summed E-state index contributed by atoms with van der Waals surface area (Å²) in [7, 11) is 0. The summed E-state index contributed by atoms with van der Waals surface area (Å²) in [5.74, 6) is -0.536. The van der Waals surface area contributed by atoms with Crippen LogP contribution in [0.2, 0.25) is 0 Å². The van der Waals surface area contributed by atoms with Crippen LogP contribution >= 0.6 is 0 Å². The molecule has 1 aromatic rings. The topological polar surface area (TPSA) is 58.6 Å². The fourth-order valence-electron chi connectivity index (χ4n) is 2.40. The molecule has 0 spiro atoms. The summed E-state index contributed by atoms with van der Waals surface area (Å²) >= 11 is 0. The van der Waals surface area contributed by atoms with Crippen molar-refractivity contribution in [1.82, 2.24) is 5.32 Å². The first-order valence-electron chi connectivity index (χ1n) is 7.48. The van der Waals surface area contributed by atoms with Crippen LogP contribution in [0.3, 0.4) is 0 Å². The lowest BCUT2D eigenvalue weighted by Gasteiger charge is -2.19. The van der Waals surface area contributed by atoms with Gasteiger partial charge in [0.1, 0.15) is 5.75 Å². The second-order valence-electron chi connectivity index (χ2n) is 6.02.